The molecule has 36 heavy (non-hydrogen) atoms. The Bertz CT molecular complexity index is 1300. The van der Waals surface area contributed by atoms with E-state index in [9.17, 15) is 23.4 Å². The molecule has 0 aliphatic rings. The molecule has 8 nitrogen and oxygen atoms in total. The number of phenolic OH excluding ortho intramolecular Hbond substituents is 1. The summed E-state index contributed by atoms with van der Waals surface area (Å²) < 4.78 is 36.7. The molecular weight excluding hydrogens is 506 g/mol. The van der Waals surface area contributed by atoms with Gasteiger partial charge in [0.1, 0.15) is 23.7 Å². The molecule has 3 rings (SSSR count). The molecule has 0 saturated carbocycles. The molecule has 0 amide bonds. The molecule has 3 aromatic carbocycles. The van der Waals surface area contributed by atoms with Gasteiger partial charge in [0, 0.05) is 17.6 Å². The van der Waals surface area contributed by atoms with Gasteiger partial charge in [-0.2, -0.15) is 0 Å². The second-order valence-electron chi connectivity index (χ2n) is 8.07. The lowest BCUT2D eigenvalue weighted by molar-refractivity contribution is 0.0522. The maximum Gasteiger partial charge on any atom is 0.341 e. The van der Waals surface area contributed by atoms with Crippen LogP contribution >= 0.6 is 11.6 Å². The van der Waals surface area contributed by atoms with Gasteiger partial charge in [-0.15, -0.1) is 0 Å². The highest BCUT2D eigenvalue weighted by atomic mass is 35.5. The fourth-order valence-corrected chi connectivity index (χ4v) is 4.82. The van der Waals surface area contributed by atoms with Crippen LogP contribution in [0.1, 0.15) is 35.9 Å². The van der Waals surface area contributed by atoms with E-state index in [1.807, 2.05) is 6.92 Å². The number of rotatable bonds is 11. The molecule has 0 fully saturated rings. The first kappa shape index (κ1) is 27.5. The van der Waals surface area contributed by atoms with Gasteiger partial charge in [-0.25, -0.2) is 13.2 Å². The number of carbonyl (C=O) groups is 1. The van der Waals surface area contributed by atoms with Gasteiger partial charge >= 0.3 is 5.97 Å². The number of ether oxygens (including phenoxy) is 2. The molecule has 0 aliphatic heterocycles. The van der Waals surface area contributed by atoms with Crippen LogP contribution in [0.4, 0.5) is 0 Å². The second-order valence-corrected chi connectivity index (χ2v) is 10.5. The molecule has 0 heterocycles. The SMILES string of the molecule is CCOC(=O)c1cc(S(=O)(=O)c2ccc(OC[C@@H](C)NC[C@@H](O)c3cccc(Cl)c3)cc2)ccc1O. The topological polar surface area (TPSA) is 122 Å². The van der Waals surface area contributed by atoms with Gasteiger partial charge in [0.2, 0.25) is 9.84 Å². The smallest absolute Gasteiger partial charge is 0.341 e. The first-order valence-electron chi connectivity index (χ1n) is 11.3. The van der Waals surface area contributed by atoms with Crippen LogP contribution in [-0.4, -0.2) is 50.4 Å². The van der Waals surface area contributed by atoms with E-state index in [1.165, 1.54) is 30.3 Å². The number of phenols is 1. The molecule has 0 aliphatic carbocycles. The van der Waals surface area contributed by atoms with E-state index in [-0.39, 0.29) is 40.4 Å². The zero-order valence-electron chi connectivity index (χ0n) is 19.8. The fourth-order valence-electron chi connectivity index (χ4n) is 3.33. The van der Waals surface area contributed by atoms with Crippen molar-refractivity contribution in [2.24, 2.45) is 0 Å². The van der Waals surface area contributed by atoms with Crippen molar-refractivity contribution < 1.29 is 32.9 Å². The van der Waals surface area contributed by atoms with E-state index in [4.69, 9.17) is 21.1 Å². The number of aliphatic hydroxyl groups excluding tert-OH is 1. The standard InChI is InChI=1S/C26H28ClNO7S/c1-3-34-26(31)23-14-22(11-12-24(23)29)36(32,33)21-9-7-20(8-10-21)35-16-17(2)28-15-25(30)18-5-4-6-19(27)13-18/h4-14,17,25,28-30H,3,15-16H2,1-2H3/t17-,25-/m1/s1. The van der Waals surface area contributed by atoms with Crippen LogP contribution in [-0.2, 0) is 14.6 Å². The summed E-state index contributed by atoms with van der Waals surface area (Å²) in [6.07, 6.45) is -0.722. The summed E-state index contributed by atoms with van der Waals surface area (Å²) in [6, 6.07) is 16.3. The summed E-state index contributed by atoms with van der Waals surface area (Å²) in [7, 11) is -3.95. The van der Waals surface area contributed by atoms with Crippen molar-refractivity contribution in [1.29, 1.82) is 0 Å². The minimum absolute atomic E-state index is 0.00571. The molecule has 0 aromatic heterocycles. The molecule has 0 saturated heterocycles. The number of hydrogen-bond acceptors (Lipinski definition) is 8. The van der Waals surface area contributed by atoms with Gasteiger partial charge in [0.25, 0.3) is 0 Å². The third-order valence-corrected chi connectivity index (χ3v) is 7.30. The monoisotopic (exact) mass is 533 g/mol. The minimum atomic E-state index is -3.95. The van der Waals surface area contributed by atoms with E-state index < -0.39 is 21.9 Å². The molecule has 0 unspecified atom stereocenters. The average molecular weight is 534 g/mol. The predicted octanol–water partition coefficient (Wildman–Crippen LogP) is 4.15. The van der Waals surface area contributed by atoms with Crippen molar-refractivity contribution >= 4 is 27.4 Å². The Labute approximate surface area is 215 Å². The summed E-state index contributed by atoms with van der Waals surface area (Å²) in [6.45, 7) is 4.20. The van der Waals surface area contributed by atoms with Crippen molar-refractivity contribution in [3.05, 3.63) is 82.9 Å². The molecule has 0 spiro atoms. The van der Waals surface area contributed by atoms with Gasteiger partial charge < -0.3 is 25.0 Å². The zero-order chi connectivity index (χ0) is 26.3. The lowest BCUT2D eigenvalue weighted by Gasteiger charge is -2.18. The predicted molar refractivity (Wildman–Crippen MR) is 135 cm³/mol. The van der Waals surface area contributed by atoms with Crippen molar-refractivity contribution in [3.63, 3.8) is 0 Å². The number of aromatic hydroxyl groups is 1. The van der Waals surface area contributed by atoms with Crippen LogP contribution in [0.3, 0.4) is 0 Å². The lowest BCUT2D eigenvalue weighted by Crippen LogP contribution is -2.34. The number of benzene rings is 3. The van der Waals surface area contributed by atoms with Crippen LogP contribution in [0.15, 0.2) is 76.5 Å². The Hall–Kier alpha value is -3.11. The summed E-state index contributed by atoms with van der Waals surface area (Å²) >= 11 is 5.96. The first-order valence-corrected chi connectivity index (χ1v) is 13.1. The Morgan fingerprint density at radius 3 is 2.42 bits per heavy atom. The fraction of sp³-hybridized carbons (Fsp3) is 0.269. The van der Waals surface area contributed by atoms with Gasteiger partial charge in [-0.05, 0) is 74.0 Å². The second kappa shape index (κ2) is 12.2. The van der Waals surface area contributed by atoms with Gasteiger partial charge in [0.15, 0.2) is 0 Å². The van der Waals surface area contributed by atoms with Crippen LogP contribution in [0.2, 0.25) is 5.02 Å². The number of hydrogen-bond donors (Lipinski definition) is 3. The minimum Gasteiger partial charge on any atom is -0.507 e. The summed E-state index contributed by atoms with van der Waals surface area (Å²) in [5.74, 6) is -0.700. The normalized spacial score (nSPS) is 13.1. The number of esters is 1. The van der Waals surface area contributed by atoms with E-state index in [2.05, 4.69) is 5.32 Å². The number of sulfone groups is 1. The van der Waals surface area contributed by atoms with Crippen LogP contribution in [0, 0.1) is 0 Å². The number of carbonyl (C=O) groups excluding carboxylic acids is 1. The summed E-state index contributed by atoms with van der Waals surface area (Å²) in [5.41, 5.74) is 0.489. The molecular formula is C26H28ClNO7S. The molecule has 10 heteroatoms. The first-order chi connectivity index (χ1) is 17.1. The van der Waals surface area contributed by atoms with Crippen molar-refractivity contribution in [2.45, 2.75) is 35.8 Å². The molecule has 192 valence electrons. The molecule has 0 bridgehead atoms. The zero-order valence-corrected chi connectivity index (χ0v) is 21.4. The van der Waals surface area contributed by atoms with Gasteiger partial charge in [-0.3, -0.25) is 0 Å². The third kappa shape index (κ3) is 6.98. The maximum atomic E-state index is 13.0. The largest absolute Gasteiger partial charge is 0.507 e. The maximum absolute atomic E-state index is 13.0. The van der Waals surface area contributed by atoms with E-state index in [1.54, 1.807) is 31.2 Å². The Morgan fingerprint density at radius 2 is 1.75 bits per heavy atom. The lowest BCUT2D eigenvalue weighted by atomic mass is 10.1. The molecule has 3 N–H and O–H groups in total. The van der Waals surface area contributed by atoms with Crippen molar-refractivity contribution in [3.8, 4) is 11.5 Å². The Kier molecular flexibility index (Phi) is 9.33. The quantitative estimate of drug-likeness (QED) is 0.314. The van der Waals surface area contributed by atoms with E-state index in [0.717, 1.165) is 12.1 Å². The number of nitrogens with one attached hydrogen (secondary N) is 1. The van der Waals surface area contributed by atoms with Crippen LogP contribution in [0.5, 0.6) is 11.5 Å². The highest BCUT2D eigenvalue weighted by Crippen LogP contribution is 2.28. The Balaban J connectivity index is 1.59. The highest BCUT2D eigenvalue weighted by Gasteiger charge is 2.22. The molecule has 3 aromatic rings. The van der Waals surface area contributed by atoms with E-state index in [0.29, 0.717) is 22.9 Å². The third-order valence-electron chi connectivity index (χ3n) is 5.30. The molecule has 0 radical (unpaired) electrons. The van der Waals surface area contributed by atoms with Gasteiger partial charge in [-0.1, -0.05) is 23.7 Å². The van der Waals surface area contributed by atoms with Gasteiger partial charge in [0.05, 0.1) is 22.5 Å². The average Bonchev–Trinajstić information content (AvgIpc) is 2.86. The summed E-state index contributed by atoms with van der Waals surface area (Å²) in [5, 5.41) is 24.0. The van der Waals surface area contributed by atoms with E-state index >= 15 is 0 Å². The summed E-state index contributed by atoms with van der Waals surface area (Å²) in [4.78, 5) is 11.9. The molecule has 2 atom stereocenters. The highest BCUT2D eigenvalue weighted by molar-refractivity contribution is 7.91. The number of halogens is 1. The number of aliphatic hydroxyl groups is 1. The Morgan fingerprint density at radius 1 is 1.06 bits per heavy atom. The van der Waals surface area contributed by atoms with Crippen LogP contribution in [0.25, 0.3) is 0 Å². The van der Waals surface area contributed by atoms with Crippen molar-refractivity contribution in [1.82, 2.24) is 5.32 Å². The van der Waals surface area contributed by atoms with Crippen molar-refractivity contribution in [2.75, 3.05) is 19.8 Å². The van der Waals surface area contributed by atoms with Crippen LogP contribution < -0.4 is 10.1 Å².